The summed E-state index contributed by atoms with van der Waals surface area (Å²) in [4.78, 5) is 2.34. The summed E-state index contributed by atoms with van der Waals surface area (Å²) in [7, 11) is 0. The molecule has 0 bridgehead atoms. The molecule has 100 valence electrons. The van der Waals surface area contributed by atoms with Gasteiger partial charge in [-0.25, -0.2) is 4.39 Å². The van der Waals surface area contributed by atoms with Crippen molar-refractivity contribution in [3.05, 3.63) is 29.6 Å². The van der Waals surface area contributed by atoms with Crippen molar-refractivity contribution in [1.82, 2.24) is 0 Å². The van der Waals surface area contributed by atoms with Crippen LogP contribution in [0, 0.1) is 11.7 Å². The van der Waals surface area contributed by atoms with E-state index in [9.17, 15) is 4.39 Å². The van der Waals surface area contributed by atoms with Gasteiger partial charge in [-0.3, -0.25) is 0 Å². The molecule has 1 atom stereocenters. The zero-order chi connectivity index (χ0) is 13.0. The van der Waals surface area contributed by atoms with Crippen LogP contribution >= 0.6 is 0 Å². The molecule has 1 saturated heterocycles. The number of halogens is 1. The highest BCUT2D eigenvalue weighted by Crippen LogP contribution is 2.29. The molecule has 2 nitrogen and oxygen atoms in total. The lowest BCUT2D eigenvalue weighted by molar-refractivity contribution is 0.404. The number of nitrogens with two attached hydrogens (primary N) is 1. The summed E-state index contributed by atoms with van der Waals surface area (Å²) in [5.41, 5.74) is 7.44. The first kappa shape index (κ1) is 13.3. The topological polar surface area (TPSA) is 29.3 Å². The molecule has 2 rings (SSSR count). The van der Waals surface area contributed by atoms with Crippen LogP contribution in [0.1, 0.15) is 31.7 Å². The van der Waals surface area contributed by atoms with E-state index in [4.69, 9.17) is 5.73 Å². The van der Waals surface area contributed by atoms with Crippen LogP contribution in [-0.4, -0.2) is 19.6 Å². The lowest BCUT2D eigenvalue weighted by atomic mass is 9.94. The highest BCUT2D eigenvalue weighted by atomic mass is 19.1. The summed E-state index contributed by atoms with van der Waals surface area (Å²) in [5, 5.41) is 0. The van der Waals surface area contributed by atoms with Crippen molar-refractivity contribution >= 4 is 5.69 Å². The monoisotopic (exact) mass is 250 g/mol. The van der Waals surface area contributed by atoms with E-state index >= 15 is 0 Å². The maximum atomic E-state index is 13.9. The third-order valence-corrected chi connectivity index (χ3v) is 3.93. The second-order valence-corrected chi connectivity index (χ2v) is 5.14. The van der Waals surface area contributed by atoms with Gasteiger partial charge >= 0.3 is 0 Å². The third kappa shape index (κ3) is 2.83. The zero-order valence-electron chi connectivity index (χ0n) is 11.2. The average molecular weight is 250 g/mol. The van der Waals surface area contributed by atoms with Crippen LogP contribution in [0.3, 0.4) is 0 Å². The summed E-state index contributed by atoms with van der Waals surface area (Å²) in [6, 6.07) is 5.38. The Kier molecular flexibility index (Phi) is 4.59. The SMILES string of the molecule is CCC1CCCN(c2cccc(F)c2CCN)C1. The normalized spacial score (nSPS) is 20.2. The maximum Gasteiger partial charge on any atom is 0.128 e. The number of hydrogen-bond acceptors (Lipinski definition) is 2. The largest absolute Gasteiger partial charge is 0.371 e. The molecule has 1 unspecified atom stereocenters. The molecule has 1 fully saturated rings. The predicted molar refractivity (Wildman–Crippen MR) is 74.4 cm³/mol. The summed E-state index contributed by atoms with van der Waals surface area (Å²) < 4.78 is 13.9. The first-order valence-corrected chi connectivity index (χ1v) is 6.98. The van der Waals surface area contributed by atoms with Crippen LogP contribution in [0.4, 0.5) is 10.1 Å². The van der Waals surface area contributed by atoms with Gasteiger partial charge in [0.1, 0.15) is 5.82 Å². The van der Waals surface area contributed by atoms with Crippen LogP contribution in [-0.2, 0) is 6.42 Å². The fourth-order valence-corrected chi connectivity index (χ4v) is 2.85. The van der Waals surface area contributed by atoms with Crippen molar-refractivity contribution < 1.29 is 4.39 Å². The van der Waals surface area contributed by atoms with Gasteiger partial charge in [0.05, 0.1) is 0 Å². The van der Waals surface area contributed by atoms with Crippen molar-refractivity contribution in [2.75, 3.05) is 24.5 Å². The zero-order valence-corrected chi connectivity index (χ0v) is 11.2. The number of piperidine rings is 1. The molecule has 0 aliphatic carbocycles. The van der Waals surface area contributed by atoms with Crippen molar-refractivity contribution in [3.8, 4) is 0 Å². The Hall–Kier alpha value is -1.09. The summed E-state index contributed by atoms with van der Waals surface area (Å²) in [5.74, 6) is 0.629. The minimum absolute atomic E-state index is 0.114. The number of rotatable bonds is 4. The van der Waals surface area contributed by atoms with E-state index in [0.29, 0.717) is 13.0 Å². The molecule has 1 aromatic rings. The Morgan fingerprint density at radius 1 is 1.44 bits per heavy atom. The predicted octanol–water partition coefficient (Wildman–Crippen LogP) is 2.95. The lowest BCUT2D eigenvalue weighted by Crippen LogP contribution is -2.36. The van der Waals surface area contributed by atoms with Gasteiger partial charge in [0, 0.05) is 24.3 Å². The van der Waals surface area contributed by atoms with Gasteiger partial charge in [0.15, 0.2) is 0 Å². The number of anilines is 1. The quantitative estimate of drug-likeness (QED) is 0.890. The molecule has 0 aromatic heterocycles. The molecule has 1 aliphatic heterocycles. The first-order valence-electron chi connectivity index (χ1n) is 6.98. The molecule has 0 saturated carbocycles. The summed E-state index contributed by atoms with van der Waals surface area (Å²) in [6.45, 7) is 4.83. The molecule has 0 spiro atoms. The van der Waals surface area contributed by atoms with Gasteiger partial charge in [0.2, 0.25) is 0 Å². The molecule has 1 aliphatic rings. The second-order valence-electron chi connectivity index (χ2n) is 5.14. The van der Waals surface area contributed by atoms with Crippen molar-refractivity contribution in [3.63, 3.8) is 0 Å². The van der Waals surface area contributed by atoms with Crippen LogP contribution < -0.4 is 10.6 Å². The standard InChI is InChI=1S/C15H23FN2/c1-2-12-5-4-10-18(11-12)15-7-3-6-14(16)13(15)8-9-17/h3,6-7,12H,2,4-5,8-11,17H2,1H3. The fraction of sp³-hybridized carbons (Fsp3) is 0.600. The van der Waals surface area contributed by atoms with E-state index in [1.807, 2.05) is 6.07 Å². The molecule has 0 radical (unpaired) electrons. The van der Waals surface area contributed by atoms with Crippen LogP contribution in [0.25, 0.3) is 0 Å². The Bertz CT molecular complexity index is 392. The summed E-state index contributed by atoms with van der Waals surface area (Å²) >= 11 is 0. The van der Waals surface area contributed by atoms with Crippen LogP contribution in [0.15, 0.2) is 18.2 Å². The molecule has 1 aromatic carbocycles. The van der Waals surface area contributed by atoms with Crippen LogP contribution in [0.2, 0.25) is 0 Å². The smallest absolute Gasteiger partial charge is 0.128 e. The van der Waals surface area contributed by atoms with Gasteiger partial charge in [-0.1, -0.05) is 19.4 Å². The van der Waals surface area contributed by atoms with Gasteiger partial charge in [-0.2, -0.15) is 0 Å². The number of hydrogen-bond donors (Lipinski definition) is 1. The second kappa shape index (κ2) is 6.19. The van der Waals surface area contributed by atoms with E-state index in [2.05, 4.69) is 11.8 Å². The van der Waals surface area contributed by atoms with Gasteiger partial charge in [-0.15, -0.1) is 0 Å². The molecule has 18 heavy (non-hydrogen) atoms. The number of nitrogens with zero attached hydrogens (tertiary/aromatic N) is 1. The molecular weight excluding hydrogens is 227 g/mol. The van der Waals surface area contributed by atoms with E-state index in [-0.39, 0.29) is 5.82 Å². The van der Waals surface area contributed by atoms with E-state index in [0.717, 1.165) is 30.3 Å². The molecular formula is C15H23FN2. The van der Waals surface area contributed by atoms with Gasteiger partial charge in [0.25, 0.3) is 0 Å². The van der Waals surface area contributed by atoms with E-state index in [1.54, 1.807) is 6.07 Å². The highest BCUT2D eigenvalue weighted by Gasteiger charge is 2.21. The van der Waals surface area contributed by atoms with E-state index < -0.39 is 0 Å². The van der Waals surface area contributed by atoms with Crippen molar-refractivity contribution in [2.45, 2.75) is 32.6 Å². The van der Waals surface area contributed by atoms with Crippen molar-refractivity contribution in [2.24, 2.45) is 11.7 Å². The third-order valence-electron chi connectivity index (χ3n) is 3.93. The minimum atomic E-state index is -0.114. The van der Waals surface area contributed by atoms with Crippen molar-refractivity contribution in [1.29, 1.82) is 0 Å². The maximum absolute atomic E-state index is 13.9. The Balaban J connectivity index is 2.23. The molecule has 2 N–H and O–H groups in total. The fourth-order valence-electron chi connectivity index (χ4n) is 2.85. The lowest BCUT2D eigenvalue weighted by Gasteiger charge is -2.35. The van der Waals surface area contributed by atoms with Crippen LogP contribution in [0.5, 0.6) is 0 Å². The van der Waals surface area contributed by atoms with Gasteiger partial charge in [-0.05, 0) is 43.9 Å². The summed E-state index contributed by atoms with van der Waals surface area (Å²) in [6.07, 6.45) is 4.33. The highest BCUT2D eigenvalue weighted by molar-refractivity contribution is 5.54. The molecule has 3 heteroatoms. The average Bonchev–Trinajstić information content (AvgIpc) is 2.41. The van der Waals surface area contributed by atoms with Gasteiger partial charge < -0.3 is 10.6 Å². The number of benzene rings is 1. The molecule has 1 heterocycles. The first-order chi connectivity index (χ1) is 8.76. The minimum Gasteiger partial charge on any atom is -0.371 e. The Morgan fingerprint density at radius 2 is 2.28 bits per heavy atom. The Morgan fingerprint density at radius 3 is 3.00 bits per heavy atom. The molecule has 0 amide bonds. The Labute approximate surface area is 109 Å². The van der Waals surface area contributed by atoms with E-state index in [1.165, 1.54) is 25.3 Å².